The molecule has 1 aromatic carbocycles. The van der Waals surface area contributed by atoms with Gasteiger partial charge < -0.3 is 15.2 Å². The van der Waals surface area contributed by atoms with Crippen LogP contribution in [0.1, 0.15) is 36.2 Å². The molecule has 0 aliphatic carbocycles. The molecule has 0 fully saturated rings. The van der Waals surface area contributed by atoms with Crippen molar-refractivity contribution >= 4 is 5.97 Å². The molecule has 0 aliphatic rings. The van der Waals surface area contributed by atoms with Crippen molar-refractivity contribution < 1.29 is 14.6 Å². The maximum atomic E-state index is 11.6. The van der Waals surface area contributed by atoms with E-state index in [-0.39, 0.29) is 18.6 Å². The van der Waals surface area contributed by atoms with Crippen LogP contribution in [0.2, 0.25) is 0 Å². The van der Waals surface area contributed by atoms with Gasteiger partial charge in [0.2, 0.25) is 0 Å². The van der Waals surface area contributed by atoms with Crippen molar-refractivity contribution in [1.82, 2.24) is 5.32 Å². The lowest BCUT2D eigenvalue weighted by molar-refractivity contribution is 0.0599. The summed E-state index contributed by atoms with van der Waals surface area (Å²) in [7, 11) is 1.38. The normalized spacial score (nSPS) is 12.5. The van der Waals surface area contributed by atoms with Crippen LogP contribution in [-0.4, -0.2) is 30.8 Å². The molecule has 0 saturated carbocycles. The van der Waals surface area contributed by atoms with Crippen LogP contribution < -0.4 is 5.32 Å². The van der Waals surface area contributed by atoms with Gasteiger partial charge in [0.25, 0.3) is 0 Å². The standard InChI is InChI=1S/C15H23NO3/c1-11(2)8-13(10-17)16-9-12-6-4-5-7-14(12)15(18)19-3/h4-7,11,13,16-17H,8-10H2,1-3H3. The van der Waals surface area contributed by atoms with Crippen LogP contribution in [0.3, 0.4) is 0 Å². The van der Waals surface area contributed by atoms with Gasteiger partial charge in [-0.15, -0.1) is 0 Å². The van der Waals surface area contributed by atoms with Gasteiger partial charge in [0.1, 0.15) is 0 Å². The smallest absolute Gasteiger partial charge is 0.338 e. The fourth-order valence-electron chi connectivity index (χ4n) is 2.03. The van der Waals surface area contributed by atoms with Crippen molar-refractivity contribution in [2.75, 3.05) is 13.7 Å². The van der Waals surface area contributed by atoms with E-state index >= 15 is 0 Å². The van der Waals surface area contributed by atoms with E-state index in [4.69, 9.17) is 4.74 Å². The fraction of sp³-hybridized carbons (Fsp3) is 0.533. The first kappa shape index (κ1) is 15.7. The number of aliphatic hydroxyl groups is 1. The number of aliphatic hydroxyl groups excluding tert-OH is 1. The summed E-state index contributed by atoms with van der Waals surface area (Å²) in [5.74, 6) is 0.183. The molecule has 106 valence electrons. The number of benzene rings is 1. The lowest BCUT2D eigenvalue weighted by atomic mass is 10.0. The van der Waals surface area contributed by atoms with Crippen LogP contribution in [0.4, 0.5) is 0 Å². The lowest BCUT2D eigenvalue weighted by Crippen LogP contribution is -2.33. The topological polar surface area (TPSA) is 58.6 Å². The lowest BCUT2D eigenvalue weighted by Gasteiger charge is -2.19. The van der Waals surface area contributed by atoms with Gasteiger partial charge in [-0.25, -0.2) is 4.79 Å². The summed E-state index contributed by atoms with van der Waals surface area (Å²) < 4.78 is 4.76. The Bertz CT molecular complexity index is 404. The number of carbonyl (C=O) groups is 1. The summed E-state index contributed by atoms with van der Waals surface area (Å²) in [5.41, 5.74) is 1.45. The second-order valence-electron chi connectivity index (χ2n) is 5.04. The summed E-state index contributed by atoms with van der Waals surface area (Å²) in [6, 6.07) is 7.39. The summed E-state index contributed by atoms with van der Waals surface area (Å²) >= 11 is 0. The van der Waals surface area contributed by atoms with Gasteiger partial charge in [-0.3, -0.25) is 0 Å². The molecule has 4 nitrogen and oxygen atoms in total. The molecule has 0 spiro atoms. The molecule has 0 amide bonds. The number of ether oxygens (including phenoxy) is 1. The minimum absolute atomic E-state index is 0.0469. The van der Waals surface area contributed by atoms with Gasteiger partial charge in [-0.2, -0.15) is 0 Å². The van der Waals surface area contributed by atoms with E-state index in [1.54, 1.807) is 6.07 Å². The second kappa shape index (κ2) is 7.92. The van der Waals surface area contributed by atoms with E-state index in [9.17, 15) is 9.90 Å². The third-order valence-electron chi connectivity index (χ3n) is 2.98. The Morgan fingerprint density at radius 1 is 1.37 bits per heavy atom. The molecule has 4 heteroatoms. The van der Waals surface area contributed by atoms with Crippen molar-refractivity contribution in [3.8, 4) is 0 Å². The fourth-order valence-corrected chi connectivity index (χ4v) is 2.03. The monoisotopic (exact) mass is 265 g/mol. The van der Waals surface area contributed by atoms with E-state index in [1.165, 1.54) is 7.11 Å². The molecule has 1 unspecified atom stereocenters. The summed E-state index contributed by atoms with van der Waals surface area (Å²) in [5, 5.41) is 12.6. The van der Waals surface area contributed by atoms with Crippen molar-refractivity contribution in [3.63, 3.8) is 0 Å². The molecule has 0 aliphatic heterocycles. The minimum Gasteiger partial charge on any atom is -0.465 e. The Kier molecular flexibility index (Phi) is 6.53. The van der Waals surface area contributed by atoms with Crippen molar-refractivity contribution in [3.05, 3.63) is 35.4 Å². The van der Waals surface area contributed by atoms with Gasteiger partial charge in [-0.05, 0) is 24.0 Å². The first-order valence-corrected chi connectivity index (χ1v) is 6.59. The number of hydrogen-bond acceptors (Lipinski definition) is 4. The minimum atomic E-state index is -0.332. The molecule has 0 radical (unpaired) electrons. The highest BCUT2D eigenvalue weighted by molar-refractivity contribution is 5.90. The molecular weight excluding hydrogens is 242 g/mol. The molecule has 19 heavy (non-hydrogen) atoms. The van der Waals surface area contributed by atoms with Crippen LogP contribution in [-0.2, 0) is 11.3 Å². The molecule has 2 N–H and O–H groups in total. The van der Waals surface area contributed by atoms with E-state index < -0.39 is 0 Å². The summed E-state index contributed by atoms with van der Waals surface area (Å²) in [6.45, 7) is 4.88. The summed E-state index contributed by atoms with van der Waals surface area (Å²) in [4.78, 5) is 11.6. The Balaban J connectivity index is 2.69. The highest BCUT2D eigenvalue weighted by Crippen LogP contribution is 2.11. The highest BCUT2D eigenvalue weighted by Gasteiger charge is 2.13. The molecule has 1 aromatic rings. The number of esters is 1. The van der Waals surface area contributed by atoms with Crippen molar-refractivity contribution in [1.29, 1.82) is 0 Å². The van der Waals surface area contributed by atoms with Gasteiger partial charge in [0, 0.05) is 12.6 Å². The van der Waals surface area contributed by atoms with E-state index in [0.717, 1.165) is 12.0 Å². The quantitative estimate of drug-likeness (QED) is 0.740. The predicted octanol–water partition coefficient (Wildman–Crippen LogP) is 1.97. The molecule has 1 rings (SSSR count). The number of methoxy groups -OCH3 is 1. The maximum absolute atomic E-state index is 11.6. The van der Waals surface area contributed by atoms with E-state index in [1.807, 2.05) is 18.2 Å². The van der Waals surface area contributed by atoms with Crippen LogP contribution >= 0.6 is 0 Å². The number of rotatable bonds is 7. The Morgan fingerprint density at radius 2 is 2.05 bits per heavy atom. The summed E-state index contributed by atoms with van der Waals surface area (Å²) in [6.07, 6.45) is 0.900. The SMILES string of the molecule is COC(=O)c1ccccc1CNC(CO)CC(C)C. The third kappa shape index (κ3) is 5.01. The van der Waals surface area contributed by atoms with Crippen LogP contribution in [0.15, 0.2) is 24.3 Å². The molecule has 1 atom stereocenters. The van der Waals surface area contributed by atoms with Gasteiger partial charge >= 0.3 is 5.97 Å². The first-order valence-electron chi connectivity index (χ1n) is 6.59. The first-order chi connectivity index (χ1) is 9.08. The average Bonchev–Trinajstić information content (AvgIpc) is 2.42. The van der Waals surface area contributed by atoms with Crippen LogP contribution in [0.5, 0.6) is 0 Å². The van der Waals surface area contributed by atoms with Crippen LogP contribution in [0.25, 0.3) is 0 Å². The Labute approximate surface area is 114 Å². The second-order valence-corrected chi connectivity index (χ2v) is 5.04. The van der Waals surface area contributed by atoms with Gasteiger partial charge in [0.15, 0.2) is 0 Å². The zero-order valence-electron chi connectivity index (χ0n) is 11.8. The third-order valence-corrected chi connectivity index (χ3v) is 2.98. The van der Waals surface area contributed by atoms with E-state index in [2.05, 4.69) is 19.2 Å². The molecule has 0 saturated heterocycles. The molecule has 0 aromatic heterocycles. The van der Waals surface area contributed by atoms with Crippen LogP contribution in [0, 0.1) is 5.92 Å². The zero-order chi connectivity index (χ0) is 14.3. The number of hydrogen-bond donors (Lipinski definition) is 2. The molecule has 0 bridgehead atoms. The number of carbonyl (C=O) groups excluding carboxylic acids is 1. The highest BCUT2D eigenvalue weighted by atomic mass is 16.5. The number of nitrogens with one attached hydrogen (secondary N) is 1. The zero-order valence-corrected chi connectivity index (χ0v) is 11.8. The average molecular weight is 265 g/mol. The molecule has 0 heterocycles. The maximum Gasteiger partial charge on any atom is 0.338 e. The predicted molar refractivity (Wildman–Crippen MR) is 75.0 cm³/mol. The van der Waals surface area contributed by atoms with Crippen molar-refractivity contribution in [2.45, 2.75) is 32.9 Å². The Hall–Kier alpha value is -1.39. The largest absolute Gasteiger partial charge is 0.465 e. The van der Waals surface area contributed by atoms with Gasteiger partial charge in [-0.1, -0.05) is 32.0 Å². The van der Waals surface area contributed by atoms with Gasteiger partial charge in [0.05, 0.1) is 19.3 Å². The molecular formula is C15H23NO3. The van der Waals surface area contributed by atoms with Crippen molar-refractivity contribution in [2.24, 2.45) is 5.92 Å². The van der Waals surface area contributed by atoms with E-state index in [0.29, 0.717) is 18.0 Å². The Morgan fingerprint density at radius 3 is 2.63 bits per heavy atom.